The highest BCUT2D eigenvalue weighted by molar-refractivity contribution is 8.00. The van der Waals surface area contributed by atoms with Gasteiger partial charge in [-0.1, -0.05) is 24.6 Å². The van der Waals surface area contributed by atoms with Gasteiger partial charge >= 0.3 is 0 Å². The molecule has 1 aromatic carbocycles. The minimum atomic E-state index is -0.0334. The lowest BCUT2D eigenvalue weighted by Crippen LogP contribution is -2.48. The van der Waals surface area contributed by atoms with Gasteiger partial charge in [0.05, 0.1) is 0 Å². The fourth-order valence-corrected chi connectivity index (χ4v) is 4.09. The van der Waals surface area contributed by atoms with E-state index in [1.165, 1.54) is 6.42 Å². The van der Waals surface area contributed by atoms with Crippen molar-refractivity contribution in [1.82, 2.24) is 10.2 Å². The maximum atomic E-state index is 12.2. The molecule has 0 spiro atoms. The Bertz CT molecular complexity index is 623. The Balaban J connectivity index is 1.80. The molecule has 0 aromatic heterocycles. The second-order valence-corrected chi connectivity index (χ2v) is 7.85. The number of nitrogens with zero attached hydrogens (tertiary/aromatic N) is 2. The minimum Gasteiger partial charge on any atom is -0.356 e. The van der Waals surface area contributed by atoms with E-state index < -0.39 is 0 Å². The predicted molar refractivity (Wildman–Crippen MR) is 109 cm³/mol. The van der Waals surface area contributed by atoms with Crippen LogP contribution >= 0.6 is 23.4 Å². The van der Waals surface area contributed by atoms with Gasteiger partial charge in [0, 0.05) is 54.8 Å². The van der Waals surface area contributed by atoms with Gasteiger partial charge in [0.25, 0.3) is 0 Å². The summed E-state index contributed by atoms with van der Waals surface area (Å²) in [6, 6.07) is 5.52. The van der Waals surface area contributed by atoms with E-state index in [1.807, 2.05) is 36.9 Å². The average molecular weight is 383 g/mol. The average Bonchev–Trinajstić information content (AvgIpc) is 2.62. The van der Waals surface area contributed by atoms with Crippen molar-refractivity contribution in [2.75, 3.05) is 37.8 Å². The third-order valence-electron chi connectivity index (χ3n) is 4.28. The lowest BCUT2D eigenvalue weighted by molar-refractivity contribution is -0.116. The number of hydrogen-bond donors (Lipinski definition) is 2. The van der Waals surface area contributed by atoms with E-state index in [2.05, 4.69) is 27.4 Å². The van der Waals surface area contributed by atoms with Gasteiger partial charge in [-0.05, 0) is 31.0 Å². The third kappa shape index (κ3) is 5.82. The Hall–Kier alpha value is -1.40. The Morgan fingerprint density at radius 2 is 2.28 bits per heavy atom. The molecule has 2 rings (SSSR count). The molecule has 1 aliphatic heterocycles. The van der Waals surface area contributed by atoms with Gasteiger partial charge in [-0.25, -0.2) is 0 Å². The summed E-state index contributed by atoms with van der Waals surface area (Å²) in [6.45, 7) is 6.68. The molecule has 1 aromatic rings. The van der Waals surface area contributed by atoms with Crippen LogP contribution in [0.5, 0.6) is 0 Å². The highest BCUT2D eigenvalue weighted by Crippen LogP contribution is 2.23. The Kier molecular flexibility index (Phi) is 7.90. The number of carbonyl (C=O) groups is 1. The van der Waals surface area contributed by atoms with Gasteiger partial charge in [-0.15, -0.1) is 0 Å². The normalized spacial score (nSPS) is 18.2. The first-order valence-corrected chi connectivity index (χ1v) is 10.1. The van der Waals surface area contributed by atoms with Crippen LogP contribution in [0.2, 0.25) is 5.02 Å². The van der Waals surface area contributed by atoms with Crippen molar-refractivity contribution in [2.24, 2.45) is 4.99 Å². The second-order valence-electron chi connectivity index (χ2n) is 6.03. The molecule has 1 atom stereocenters. The number of halogens is 1. The summed E-state index contributed by atoms with van der Waals surface area (Å²) in [6.07, 6.45) is 1.55. The van der Waals surface area contributed by atoms with Crippen LogP contribution in [0.3, 0.4) is 0 Å². The van der Waals surface area contributed by atoms with E-state index in [9.17, 15) is 4.79 Å². The number of thioether (sulfide) groups is 1. The van der Waals surface area contributed by atoms with Crippen molar-refractivity contribution in [3.63, 3.8) is 0 Å². The summed E-state index contributed by atoms with van der Waals surface area (Å²) in [5, 5.41) is 7.54. The fourth-order valence-electron chi connectivity index (χ4n) is 2.73. The molecule has 138 valence electrons. The zero-order valence-electron chi connectivity index (χ0n) is 15.1. The van der Waals surface area contributed by atoms with Gasteiger partial charge in [0.2, 0.25) is 5.91 Å². The van der Waals surface area contributed by atoms with Crippen molar-refractivity contribution < 1.29 is 4.79 Å². The van der Waals surface area contributed by atoms with Crippen LogP contribution in [-0.4, -0.2) is 54.5 Å². The topological polar surface area (TPSA) is 56.7 Å². The van der Waals surface area contributed by atoms with Crippen LogP contribution in [0.25, 0.3) is 0 Å². The van der Waals surface area contributed by atoms with Gasteiger partial charge in [0.15, 0.2) is 5.96 Å². The molecule has 7 heteroatoms. The molecule has 0 saturated carbocycles. The molecule has 25 heavy (non-hydrogen) atoms. The van der Waals surface area contributed by atoms with Crippen LogP contribution in [0.4, 0.5) is 5.69 Å². The van der Waals surface area contributed by atoms with E-state index >= 15 is 0 Å². The summed E-state index contributed by atoms with van der Waals surface area (Å²) in [7, 11) is 1.79. The predicted octanol–water partition coefficient (Wildman–Crippen LogP) is 3.38. The number of aliphatic imine (C=N–C) groups is 1. The maximum absolute atomic E-state index is 12.2. The van der Waals surface area contributed by atoms with Crippen LogP contribution < -0.4 is 10.6 Å². The van der Waals surface area contributed by atoms with E-state index in [-0.39, 0.29) is 5.91 Å². The zero-order chi connectivity index (χ0) is 18.2. The fraction of sp³-hybridized carbons (Fsp3) is 0.556. The van der Waals surface area contributed by atoms with E-state index in [4.69, 9.17) is 11.6 Å². The molecular formula is C18H27ClN4OS. The molecule has 0 aliphatic carbocycles. The Morgan fingerprint density at radius 1 is 1.48 bits per heavy atom. The number of nitrogens with one attached hydrogen (secondary N) is 2. The van der Waals surface area contributed by atoms with Crippen LogP contribution in [0.1, 0.15) is 25.3 Å². The van der Waals surface area contributed by atoms with Crippen molar-refractivity contribution in [2.45, 2.75) is 31.9 Å². The number of amides is 1. The van der Waals surface area contributed by atoms with Crippen molar-refractivity contribution in [3.05, 3.63) is 28.8 Å². The van der Waals surface area contributed by atoms with Gasteiger partial charge < -0.3 is 15.5 Å². The number of benzene rings is 1. The first-order valence-electron chi connectivity index (χ1n) is 8.67. The summed E-state index contributed by atoms with van der Waals surface area (Å²) in [4.78, 5) is 18.8. The molecule has 0 radical (unpaired) electrons. The van der Waals surface area contributed by atoms with Crippen molar-refractivity contribution in [1.29, 1.82) is 0 Å². The second kappa shape index (κ2) is 9.92. The van der Waals surface area contributed by atoms with Crippen LogP contribution in [0, 0.1) is 6.92 Å². The number of hydrogen-bond acceptors (Lipinski definition) is 3. The largest absolute Gasteiger partial charge is 0.356 e. The number of carbonyl (C=O) groups excluding carboxylic acids is 1. The maximum Gasteiger partial charge on any atom is 0.226 e. The first kappa shape index (κ1) is 19.9. The molecule has 1 amide bonds. The molecule has 1 fully saturated rings. The van der Waals surface area contributed by atoms with Crippen molar-refractivity contribution >= 4 is 40.9 Å². The molecule has 1 aliphatic rings. The van der Waals surface area contributed by atoms with Crippen molar-refractivity contribution in [3.8, 4) is 0 Å². The Morgan fingerprint density at radius 3 is 3.00 bits per heavy atom. The lowest BCUT2D eigenvalue weighted by Gasteiger charge is -2.34. The van der Waals surface area contributed by atoms with Crippen LogP contribution in [0.15, 0.2) is 23.2 Å². The zero-order valence-corrected chi connectivity index (χ0v) is 16.7. The van der Waals surface area contributed by atoms with E-state index in [0.717, 1.165) is 36.1 Å². The highest BCUT2D eigenvalue weighted by atomic mass is 35.5. The van der Waals surface area contributed by atoms with E-state index in [0.29, 0.717) is 23.2 Å². The molecule has 2 N–H and O–H groups in total. The summed E-state index contributed by atoms with van der Waals surface area (Å²) in [5.74, 6) is 1.97. The minimum absolute atomic E-state index is 0.0334. The molecule has 1 unspecified atom stereocenters. The number of guanidine groups is 1. The van der Waals surface area contributed by atoms with Gasteiger partial charge in [0.1, 0.15) is 0 Å². The molecule has 1 heterocycles. The van der Waals surface area contributed by atoms with Crippen LogP contribution in [-0.2, 0) is 4.79 Å². The molecular weight excluding hydrogens is 356 g/mol. The molecule has 5 nitrogen and oxygen atoms in total. The third-order valence-corrected chi connectivity index (χ3v) is 6.06. The SMILES string of the molecule is CCC1CN(C(=NC)NCCC(=O)Nc2cccc(Cl)c2C)CCS1. The molecule has 1 saturated heterocycles. The van der Waals surface area contributed by atoms with Gasteiger partial charge in [-0.3, -0.25) is 9.79 Å². The standard InChI is InChI=1S/C18H27ClN4OS/c1-4-14-12-23(10-11-25-14)18(20-3)21-9-8-17(24)22-16-7-5-6-15(19)13(16)2/h5-7,14H,4,8-12H2,1-3H3,(H,20,21)(H,22,24). The lowest BCUT2D eigenvalue weighted by atomic mass is 10.2. The smallest absolute Gasteiger partial charge is 0.226 e. The quantitative estimate of drug-likeness (QED) is 0.605. The monoisotopic (exact) mass is 382 g/mol. The van der Waals surface area contributed by atoms with Gasteiger partial charge in [-0.2, -0.15) is 11.8 Å². The first-order chi connectivity index (χ1) is 12.0. The number of rotatable bonds is 5. The summed E-state index contributed by atoms with van der Waals surface area (Å²) >= 11 is 8.11. The highest BCUT2D eigenvalue weighted by Gasteiger charge is 2.21. The summed E-state index contributed by atoms with van der Waals surface area (Å²) in [5.41, 5.74) is 1.65. The van der Waals surface area contributed by atoms with E-state index in [1.54, 1.807) is 7.05 Å². The summed E-state index contributed by atoms with van der Waals surface area (Å²) < 4.78 is 0. The number of anilines is 1. The Labute approximate surface area is 159 Å². The molecule has 0 bridgehead atoms.